The van der Waals surface area contributed by atoms with Crippen LogP contribution in [-0.4, -0.2) is 16.1 Å². The Kier molecular flexibility index (Phi) is 7.35. The monoisotopic (exact) mass is 214 g/mol. The smallest absolute Gasteiger partial charge is 0.0431 e. The molecule has 0 fully saturated rings. The van der Waals surface area contributed by atoms with E-state index in [4.69, 9.17) is 5.11 Å². The number of halogens is 1. The van der Waals surface area contributed by atoms with E-state index in [1.807, 2.05) is 0 Å². The molecule has 1 nitrogen and oxygen atoms in total. The SMILES string of the molecule is OCCCCCI. The number of rotatable bonds is 4. The fourth-order valence-electron chi connectivity index (χ4n) is 0.383. The van der Waals surface area contributed by atoms with Gasteiger partial charge in [0.25, 0.3) is 0 Å². The average molecular weight is 214 g/mol. The molecule has 2 heteroatoms. The highest BCUT2D eigenvalue weighted by atomic mass is 127. The summed E-state index contributed by atoms with van der Waals surface area (Å²) in [5.41, 5.74) is 0. The molecule has 0 saturated heterocycles. The molecule has 0 heterocycles. The van der Waals surface area contributed by atoms with Crippen LogP contribution < -0.4 is 0 Å². The summed E-state index contributed by atoms with van der Waals surface area (Å²) in [6.07, 6.45) is 3.41. The minimum absolute atomic E-state index is 0.358. The zero-order valence-electron chi connectivity index (χ0n) is 4.36. The quantitative estimate of drug-likeness (QED) is 0.428. The molecular weight excluding hydrogens is 203 g/mol. The van der Waals surface area contributed by atoms with Crippen LogP contribution in [0.2, 0.25) is 0 Å². The van der Waals surface area contributed by atoms with Gasteiger partial charge in [-0.2, -0.15) is 0 Å². The molecule has 0 aromatic carbocycles. The van der Waals surface area contributed by atoms with E-state index in [9.17, 15) is 0 Å². The van der Waals surface area contributed by atoms with Crippen molar-refractivity contribution in [1.29, 1.82) is 0 Å². The Morgan fingerprint density at radius 2 is 1.86 bits per heavy atom. The Morgan fingerprint density at radius 1 is 1.14 bits per heavy atom. The maximum absolute atomic E-state index is 8.29. The van der Waals surface area contributed by atoms with Crippen LogP contribution in [0.1, 0.15) is 19.3 Å². The normalized spacial score (nSPS) is 9.43. The number of alkyl halides is 1. The summed E-state index contributed by atoms with van der Waals surface area (Å²) in [5, 5.41) is 8.29. The minimum Gasteiger partial charge on any atom is -0.396 e. The molecule has 0 aliphatic heterocycles. The molecule has 1 N–H and O–H groups in total. The molecule has 0 unspecified atom stereocenters. The van der Waals surface area contributed by atoms with Crippen molar-refractivity contribution >= 4 is 22.6 Å². The first-order valence-electron chi connectivity index (χ1n) is 2.58. The highest BCUT2D eigenvalue weighted by Gasteiger charge is 1.81. The average Bonchev–Trinajstić information content (AvgIpc) is 1.69. The van der Waals surface area contributed by atoms with Crippen molar-refractivity contribution in [3.05, 3.63) is 0 Å². The Morgan fingerprint density at radius 3 is 2.29 bits per heavy atom. The Labute approximate surface area is 58.3 Å². The first-order chi connectivity index (χ1) is 3.41. The van der Waals surface area contributed by atoms with Gasteiger partial charge in [0.2, 0.25) is 0 Å². The lowest BCUT2D eigenvalue weighted by Gasteiger charge is -1.89. The molecule has 0 saturated carbocycles. The lowest BCUT2D eigenvalue weighted by molar-refractivity contribution is 0.284. The standard InChI is InChI=1S/C5H11IO/c6-4-2-1-3-5-7/h7H,1-5H2. The molecule has 0 aromatic heterocycles. The van der Waals surface area contributed by atoms with Gasteiger partial charge in [-0.25, -0.2) is 0 Å². The van der Waals surface area contributed by atoms with Crippen LogP contribution in [0.3, 0.4) is 0 Å². The maximum atomic E-state index is 8.29. The molecular formula is C5H11IO. The lowest BCUT2D eigenvalue weighted by Crippen LogP contribution is -1.81. The van der Waals surface area contributed by atoms with E-state index in [1.54, 1.807) is 0 Å². The van der Waals surface area contributed by atoms with Gasteiger partial charge in [-0.3, -0.25) is 0 Å². The highest BCUT2D eigenvalue weighted by Crippen LogP contribution is 1.96. The van der Waals surface area contributed by atoms with E-state index in [-0.39, 0.29) is 0 Å². The van der Waals surface area contributed by atoms with Crippen LogP contribution in [0.15, 0.2) is 0 Å². The fraction of sp³-hybridized carbons (Fsp3) is 1.00. The number of hydrogen-bond donors (Lipinski definition) is 1. The maximum Gasteiger partial charge on any atom is 0.0431 e. The first-order valence-corrected chi connectivity index (χ1v) is 4.11. The van der Waals surface area contributed by atoms with Crippen molar-refractivity contribution in [3.8, 4) is 0 Å². The van der Waals surface area contributed by atoms with Gasteiger partial charge >= 0.3 is 0 Å². The van der Waals surface area contributed by atoms with Gasteiger partial charge in [-0.1, -0.05) is 29.0 Å². The lowest BCUT2D eigenvalue weighted by atomic mass is 10.3. The topological polar surface area (TPSA) is 20.2 Å². The highest BCUT2D eigenvalue weighted by molar-refractivity contribution is 14.1. The summed E-state index contributed by atoms with van der Waals surface area (Å²) in [5.74, 6) is 0. The molecule has 0 aliphatic carbocycles. The summed E-state index contributed by atoms with van der Waals surface area (Å²) in [6.45, 7) is 0.358. The van der Waals surface area contributed by atoms with E-state index in [1.165, 1.54) is 17.3 Å². The molecule has 0 amide bonds. The molecule has 0 radical (unpaired) electrons. The van der Waals surface area contributed by atoms with Gasteiger partial charge in [-0.05, 0) is 17.3 Å². The van der Waals surface area contributed by atoms with Gasteiger partial charge in [0.15, 0.2) is 0 Å². The number of aliphatic hydroxyl groups excluding tert-OH is 1. The molecule has 7 heavy (non-hydrogen) atoms. The summed E-state index contributed by atoms with van der Waals surface area (Å²) in [4.78, 5) is 0. The van der Waals surface area contributed by atoms with E-state index < -0.39 is 0 Å². The summed E-state index contributed by atoms with van der Waals surface area (Å²) in [7, 11) is 0. The van der Waals surface area contributed by atoms with E-state index in [0.29, 0.717) is 6.61 Å². The number of unbranched alkanes of at least 4 members (excludes halogenated alkanes) is 2. The van der Waals surface area contributed by atoms with E-state index in [2.05, 4.69) is 22.6 Å². The fourth-order valence-corrected chi connectivity index (χ4v) is 0.922. The van der Waals surface area contributed by atoms with Crippen molar-refractivity contribution in [2.45, 2.75) is 19.3 Å². The molecule has 0 aliphatic rings. The second-order valence-electron chi connectivity index (χ2n) is 1.47. The van der Waals surface area contributed by atoms with Crippen LogP contribution in [0, 0.1) is 0 Å². The van der Waals surface area contributed by atoms with Crippen molar-refractivity contribution in [2.75, 3.05) is 11.0 Å². The molecule has 0 rings (SSSR count). The zero-order chi connectivity index (χ0) is 5.54. The first kappa shape index (κ1) is 7.69. The van der Waals surface area contributed by atoms with Gasteiger partial charge in [-0.15, -0.1) is 0 Å². The molecule has 44 valence electrons. The van der Waals surface area contributed by atoms with Crippen molar-refractivity contribution in [1.82, 2.24) is 0 Å². The second-order valence-corrected chi connectivity index (χ2v) is 2.55. The number of hydrogen-bond acceptors (Lipinski definition) is 1. The van der Waals surface area contributed by atoms with Crippen LogP contribution in [0.4, 0.5) is 0 Å². The molecule has 0 atom stereocenters. The summed E-state index contributed by atoms with van der Waals surface area (Å²) >= 11 is 2.35. The van der Waals surface area contributed by atoms with E-state index in [0.717, 1.165) is 6.42 Å². The molecule has 0 aromatic rings. The van der Waals surface area contributed by atoms with Crippen molar-refractivity contribution in [3.63, 3.8) is 0 Å². The predicted octanol–water partition coefficient (Wildman–Crippen LogP) is 1.58. The van der Waals surface area contributed by atoms with Crippen LogP contribution in [0.25, 0.3) is 0 Å². The van der Waals surface area contributed by atoms with Crippen molar-refractivity contribution < 1.29 is 5.11 Å². The van der Waals surface area contributed by atoms with Crippen LogP contribution in [-0.2, 0) is 0 Å². The second kappa shape index (κ2) is 6.69. The third kappa shape index (κ3) is 6.69. The number of aliphatic hydroxyl groups is 1. The Bertz CT molecular complexity index is 27.3. The van der Waals surface area contributed by atoms with Gasteiger partial charge in [0.1, 0.15) is 0 Å². The largest absolute Gasteiger partial charge is 0.396 e. The summed E-state index contributed by atoms with van der Waals surface area (Å²) in [6, 6.07) is 0. The predicted molar refractivity (Wildman–Crippen MR) is 39.8 cm³/mol. The minimum atomic E-state index is 0.358. The van der Waals surface area contributed by atoms with Crippen LogP contribution >= 0.6 is 22.6 Å². The Balaban J connectivity index is 2.45. The molecule has 0 spiro atoms. The van der Waals surface area contributed by atoms with Gasteiger partial charge in [0.05, 0.1) is 0 Å². The van der Waals surface area contributed by atoms with Gasteiger partial charge < -0.3 is 5.11 Å². The molecule has 0 bridgehead atoms. The third-order valence-electron chi connectivity index (χ3n) is 0.792. The van der Waals surface area contributed by atoms with Gasteiger partial charge in [0, 0.05) is 6.61 Å². The summed E-state index contributed by atoms with van der Waals surface area (Å²) < 4.78 is 1.22. The van der Waals surface area contributed by atoms with E-state index >= 15 is 0 Å². The van der Waals surface area contributed by atoms with Crippen LogP contribution in [0.5, 0.6) is 0 Å². The van der Waals surface area contributed by atoms with Crippen molar-refractivity contribution in [2.24, 2.45) is 0 Å². The third-order valence-corrected chi connectivity index (χ3v) is 1.55. The zero-order valence-corrected chi connectivity index (χ0v) is 6.52. The Hall–Kier alpha value is 0.690.